The van der Waals surface area contributed by atoms with Crippen LogP contribution in [0.15, 0.2) is 206 Å². The Bertz CT molecular complexity index is 3320. The van der Waals surface area contributed by atoms with Crippen LogP contribution in [0.3, 0.4) is 0 Å². The van der Waals surface area contributed by atoms with Crippen LogP contribution in [-0.4, -0.2) is 15.0 Å². The van der Waals surface area contributed by atoms with Crippen LogP contribution >= 0.6 is 7.14 Å². The van der Waals surface area contributed by atoms with E-state index in [1.54, 1.807) is 6.20 Å². The summed E-state index contributed by atoms with van der Waals surface area (Å²) in [5, 5.41) is 11.3. The van der Waals surface area contributed by atoms with Crippen molar-refractivity contribution in [2.24, 2.45) is 0 Å². The molecule has 0 aliphatic rings. The van der Waals surface area contributed by atoms with Crippen LogP contribution in [0, 0.1) is 0 Å². The van der Waals surface area contributed by atoms with E-state index in [1.165, 1.54) is 5.56 Å². The molecule has 3 heterocycles. The van der Waals surface area contributed by atoms with Crippen molar-refractivity contribution < 1.29 is 4.57 Å². The summed E-state index contributed by atoms with van der Waals surface area (Å²) in [7, 11) is -3.11. The molecule has 58 heavy (non-hydrogen) atoms. The van der Waals surface area contributed by atoms with Gasteiger partial charge in [0.1, 0.15) is 0 Å². The summed E-state index contributed by atoms with van der Waals surface area (Å²) >= 11 is 0. The van der Waals surface area contributed by atoms with Gasteiger partial charge in [-0.15, -0.1) is 0 Å². The number of nitrogens with zero attached hydrogens (tertiary/aromatic N) is 3. The highest BCUT2D eigenvalue weighted by atomic mass is 31.2. The van der Waals surface area contributed by atoms with Crippen LogP contribution in [0.5, 0.6) is 0 Å². The minimum Gasteiger partial charge on any atom is -0.309 e. The summed E-state index contributed by atoms with van der Waals surface area (Å²) in [4.78, 5) is 15.1. The SMILES string of the molecule is O=P(c1ccccc1)(c1ccccc1)c1ccc2cc(-c3c4ccccc4c(-c4ccc5ccc6ccc(-c7ccccn7)nc6c5n4)c4ccccc34)ccc2c1. The van der Waals surface area contributed by atoms with E-state index in [2.05, 4.69) is 120 Å². The highest BCUT2D eigenvalue weighted by Crippen LogP contribution is 2.46. The predicted octanol–water partition coefficient (Wildman–Crippen LogP) is 12.3. The lowest BCUT2D eigenvalue weighted by Gasteiger charge is -2.21. The lowest BCUT2D eigenvalue weighted by Crippen LogP contribution is -2.24. The van der Waals surface area contributed by atoms with Gasteiger partial charge in [-0.3, -0.25) is 4.98 Å². The number of pyridine rings is 3. The maximum atomic E-state index is 15.2. The number of hydrogen-bond acceptors (Lipinski definition) is 4. The first-order valence-corrected chi connectivity index (χ1v) is 21.2. The van der Waals surface area contributed by atoms with Crippen molar-refractivity contribution >= 4 is 77.2 Å². The Balaban J connectivity index is 1.08. The van der Waals surface area contributed by atoms with E-state index in [-0.39, 0.29) is 0 Å². The van der Waals surface area contributed by atoms with Gasteiger partial charge in [-0.1, -0.05) is 164 Å². The van der Waals surface area contributed by atoms with E-state index in [9.17, 15) is 0 Å². The molecule has 272 valence electrons. The second-order valence-corrected chi connectivity index (χ2v) is 17.5. The van der Waals surface area contributed by atoms with Crippen molar-refractivity contribution in [2.45, 2.75) is 0 Å². The second kappa shape index (κ2) is 13.7. The van der Waals surface area contributed by atoms with Crippen molar-refractivity contribution in [1.82, 2.24) is 15.0 Å². The quantitative estimate of drug-likeness (QED) is 0.0962. The molecule has 0 atom stereocenters. The van der Waals surface area contributed by atoms with E-state index in [4.69, 9.17) is 9.97 Å². The van der Waals surface area contributed by atoms with Gasteiger partial charge in [0.05, 0.1) is 28.1 Å². The van der Waals surface area contributed by atoms with E-state index in [0.29, 0.717) is 0 Å². The van der Waals surface area contributed by atoms with Crippen molar-refractivity contribution in [3.63, 3.8) is 0 Å². The van der Waals surface area contributed by atoms with Gasteiger partial charge in [0.2, 0.25) is 0 Å². The summed E-state index contributed by atoms with van der Waals surface area (Å²) in [6, 6.07) is 68.6. The molecule has 0 unspecified atom stereocenters. The van der Waals surface area contributed by atoms with E-state index < -0.39 is 7.14 Å². The van der Waals surface area contributed by atoms with Crippen LogP contribution < -0.4 is 15.9 Å². The zero-order valence-corrected chi connectivity index (χ0v) is 32.2. The molecule has 0 spiro atoms. The van der Waals surface area contributed by atoms with Crippen molar-refractivity contribution in [2.75, 3.05) is 0 Å². The molecule has 0 saturated carbocycles. The van der Waals surface area contributed by atoms with Crippen LogP contribution in [-0.2, 0) is 4.57 Å². The lowest BCUT2D eigenvalue weighted by atomic mass is 9.86. The predicted molar refractivity (Wildman–Crippen MR) is 243 cm³/mol. The minimum absolute atomic E-state index is 0.820. The number of hydrogen-bond donors (Lipinski definition) is 0. The molecule has 8 aromatic carbocycles. The molecule has 0 fully saturated rings. The highest BCUT2D eigenvalue weighted by molar-refractivity contribution is 7.85. The minimum atomic E-state index is -3.11. The third kappa shape index (κ3) is 5.53. The Morgan fingerprint density at radius 3 is 1.43 bits per heavy atom. The highest BCUT2D eigenvalue weighted by Gasteiger charge is 2.30. The van der Waals surface area contributed by atoms with Gasteiger partial charge >= 0.3 is 0 Å². The van der Waals surface area contributed by atoms with Crippen LogP contribution in [0.2, 0.25) is 0 Å². The molecule has 4 nitrogen and oxygen atoms in total. The molecular weight excluding hydrogens is 726 g/mol. The Morgan fingerprint density at radius 2 is 0.828 bits per heavy atom. The van der Waals surface area contributed by atoms with E-state index in [0.717, 1.165) is 98.2 Å². The zero-order valence-electron chi connectivity index (χ0n) is 31.3. The number of benzene rings is 8. The second-order valence-electron chi connectivity index (χ2n) is 14.7. The standard InChI is InChI=1S/C53H34N3OP/c57-58(40-13-3-1-4-14-40,41-15-5-2-6-16-41)42-29-26-37-33-39(25-24-38(37)34-42)50-43-17-7-9-19-45(43)51(46-20-10-8-18-44(46)50)49-31-28-36-23-22-35-27-30-48(47-21-11-12-32-54-47)55-52(35)53(36)56-49/h1-34H. The smallest absolute Gasteiger partial charge is 0.171 e. The lowest BCUT2D eigenvalue weighted by molar-refractivity contribution is 0.592. The van der Waals surface area contributed by atoms with Gasteiger partial charge in [-0.25, -0.2) is 9.97 Å². The zero-order chi connectivity index (χ0) is 38.6. The Kier molecular flexibility index (Phi) is 8.06. The average Bonchev–Trinajstić information content (AvgIpc) is 3.30. The fraction of sp³-hybridized carbons (Fsp3) is 0. The van der Waals surface area contributed by atoms with Crippen LogP contribution in [0.1, 0.15) is 0 Å². The topological polar surface area (TPSA) is 55.7 Å². The van der Waals surface area contributed by atoms with E-state index >= 15 is 4.57 Å². The Hall–Kier alpha value is -7.26. The first kappa shape index (κ1) is 34.0. The number of rotatable bonds is 6. The molecule has 11 aromatic rings. The van der Waals surface area contributed by atoms with Crippen molar-refractivity contribution in [3.8, 4) is 33.8 Å². The summed E-state index contributed by atoms with van der Waals surface area (Å²) in [5.74, 6) is 0. The third-order valence-electron chi connectivity index (χ3n) is 11.4. The largest absolute Gasteiger partial charge is 0.309 e. The van der Waals surface area contributed by atoms with Crippen LogP contribution in [0.4, 0.5) is 0 Å². The summed E-state index contributed by atoms with van der Waals surface area (Å²) in [5.41, 5.74) is 7.66. The molecule has 11 rings (SSSR count). The maximum absolute atomic E-state index is 15.2. The van der Waals surface area contributed by atoms with Gasteiger partial charge in [0.15, 0.2) is 7.14 Å². The molecule has 0 N–H and O–H groups in total. The summed E-state index contributed by atoms with van der Waals surface area (Å²) in [6.45, 7) is 0. The molecule has 0 amide bonds. The third-order valence-corrected chi connectivity index (χ3v) is 14.4. The van der Waals surface area contributed by atoms with E-state index in [1.807, 2.05) is 84.9 Å². The summed E-state index contributed by atoms with van der Waals surface area (Å²) < 4.78 is 15.2. The fourth-order valence-electron chi connectivity index (χ4n) is 8.59. The number of fused-ring (bicyclic) bond motifs is 6. The van der Waals surface area contributed by atoms with Gasteiger partial charge in [0.25, 0.3) is 0 Å². The van der Waals surface area contributed by atoms with Crippen molar-refractivity contribution in [1.29, 1.82) is 0 Å². The molecule has 0 saturated heterocycles. The van der Waals surface area contributed by atoms with Crippen LogP contribution in [0.25, 0.3) is 87.9 Å². The first-order valence-electron chi connectivity index (χ1n) is 19.5. The van der Waals surface area contributed by atoms with Gasteiger partial charge in [-0.2, -0.15) is 0 Å². The average molecular weight is 760 g/mol. The Labute approximate surface area is 335 Å². The van der Waals surface area contributed by atoms with Crippen molar-refractivity contribution in [3.05, 3.63) is 206 Å². The molecular formula is C53H34N3OP. The van der Waals surface area contributed by atoms with Gasteiger partial charge < -0.3 is 4.57 Å². The monoisotopic (exact) mass is 759 g/mol. The molecule has 0 aliphatic heterocycles. The van der Waals surface area contributed by atoms with Gasteiger partial charge in [-0.05, 0) is 79.8 Å². The Morgan fingerprint density at radius 1 is 0.345 bits per heavy atom. The molecule has 0 aliphatic carbocycles. The molecule has 5 heteroatoms. The summed E-state index contributed by atoms with van der Waals surface area (Å²) in [6.07, 6.45) is 1.80. The first-order chi connectivity index (χ1) is 28.6. The molecule has 0 bridgehead atoms. The molecule has 0 radical (unpaired) electrons. The fourth-order valence-corrected chi connectivity index (χ4v) is 11.3. The maximum Gasteiger partial charge on any atom is 0.171 e. The number of aromatic nitrogens is 3. The van der Waals surface area contributed by atoms with Gasteiger partial charge in [0, 0.05) is 38.4 Å². The normalized spacial score (nSPS) is 11.9. The molecule has 3 aromatic heterocycles.